The van der Waals surface area contributed by atoms with E-state index in [0.717, 1.165) is 32.6 Å². The first-order valence-electron chi connectivity index (χ1n) is 9.05. The summed E-state index contributed by atoms with van der Waals surface area (Å²) in [5.41, 5.74) is 6.21. The van der Waals surface area contributed by atoms with E-state index in [1.807, 2.05) is 4.90 Å². The van der Waals surface area contributed by atoms with Gasteiger partial charge in [-0.15, -0.1) is 24.8 Å². The van der Waals surface area contributed by atoms with Gasteiger partial charge in [0.25, 0.3) is 0 Å². The van der Waals surface area contributed by atoms with Crippen LogP contribution in [0.25, 0.3) is 0 Å². The summed E-state index contributed by atoms with van der Waals surface area (Å²) in [5.74, 6) is 0.556. The Labute approximate surface area is 165 Å². The molecule has 0 aliphatic carbocycles. The summed E-state index contributed by atoms with van der Waals surface area (Å²) in [6.45, 7) is 16.0. The molecule has 4 atom stereocenters. The molecule has 150 valence electrons. The first-order chi connectivity index (χ1) is 10.6. The van der Waals surface area contributed by atoms with Crippen LogP contribution in [0.2, 0.25) is 0 Å². The number of likely N-dealkylation sites (tertiary alicyclic amines) is 1. The number of nitrogens with two attached hydrogens (primary N) is 1. The number of carbonyl (C=O) groups is 1. The van der Waals surface area contributed by atoms with E-state index in [-0.39, 0.29) is 60.4 Å². The number of amides is 1. The second-order valence-electron chi connectivity index (χ2n) is 8.54. The number of morpholine rings is 1. The number of hydrogen-bond donors (Lipinski definition) is 1. The topological polar surface area (TPSA) is 58.8 Å². The Morgan fingerprint density at radius 3 is 2.12 bits per heavy atom. The highest BCUT2D eigenvalue weighted by Crippen LogP contribution is 2.29. The van der Waals surface area contributed by atoms with Gasteiger partial charge in [0.1, 0.15) is 0 Å². The van der Waals surface area contributed by atoms with E-state index in [1.54, 1.807) is 0 Å². The highest BCUT2D eigenvalue weighted by molar-refractivity contribution is 5.85. The second-order valence-corrected chi connectivity index (χ2v) is 8.54. The predicted molar refractivity (Wildman–Crippen MR) is 108 cm³/mol. The molecule has 2 aliphatic rings. The summed E-state index contributed by atoms with van der Waals surface area (Å²) >= 11 is 0. The summed E-state index contributed by atoms with van der Waals surface area (Å²) < 4.78 is 5.84. The van der Waals surface area contributed by atoms with Crippen molar-refractivity contribution in [1.29, 1.82) is 0 Å². The molecular formula is C18H37Cl2N3O2. The van der Waals surface area contributed by atoms with E-state index in [4.69, 9.17) is 10.5 Å². The van der Waals surface area contributed by atoms with Gasteiger partial charge in [0.2, 0.25) is 5.91 Å². The molecule has 2 rings (SSSR count). The van der Waals surface area contributed by atoms with Crippen LogP contribution in [-0.4, -0.2) is 66.2 Å². The average molecular weight is 398 g/mol. The third kappa shape index (κ3) is 5.96. The number of hydrogen-bond acceptors (Lipinski definition) is 4. The first kappa shape index (κ1) is 24.9. The van der Waals surface area contributed by atoms with Crippen LogP contribution in [0.4, 0.5) is 0 Å². The van der Waals surface area contributed by atoms with Gasteiger partial charge in [-0.2, -0.15) is 0 Å². The Balaban J connectivity index is 0.00000288. The van der Waals surface area contributed by atoms with Gasteiger partial charge in [-0.3, -0.25) is 9.69 Å². The maximum absolute atomic E-state index is 13.2. The lowest BCUT2D eigenvalue weighted by Gasteiger charge is -2.47. The minimum absolute atomic E-state index is 0. The van der Waals surface area contributed by atoms with Crippen molar-refractivity contribution in [3.05, 3.63) is 0 Å². The molecule has 0 bridgehead atoms. The van der Waals surface area contributed by atoms with Crippen LogP contribution in [0, 0.1) is 11.3 Å². The smallest absolute Gasteiger partial charge is 0.240 e. The predicted octanol–water partition coefficient (Wildman–Crippen LogP) is 2.55. The lowest BCUT2D eigenvalue weighted by atomic mass is 9.79. The van der Waals surface area contributed by atoms with Crippen molar-refractivity contribution in [3.63, 3.8) is 0 Å². The molecule has 5 nitrogen and oxygen atoms in total. The molecule has 0 radical (unpaired) electrons. The molecule has 2 fully saturated rings. The molecule has 2 N–H and O–H groups in total. The molecule has 2 saturated heterocycles. The number of carbonyl (C=O) groups excluding carboxylic acids is 1. The third-order valence-electron chi connectivity index (χ3n) is 5.35. The molecule has 4 unspecified atom stereocenters. The van der Waals surface area contributed by atoms with Crippen molar-refractivity contribution in [2.24, 2.45) is 17.1 Å². The molecule has 2 aliphatic heterocycles. The van der Waals surface area contributed by atoms with Crippen LogP contribution in [-0.2, 0) is 9.53 Å². The molecule has 0 aromatic heterocycles. The Morgan fingerprint density at radius 2 is 1.68 bits per heavy atom. The molecule has 0 aromatic carbocycles. The fourth-order valence-corrected chi connectivity index (χ4v) is 4.06. The summed E-state index contributed by atoms with van der Waals surface area (Å²) in [6, 6.07) is 0.112. The van der Waals surface area contributed by atoms with Crippen molar-refractivity contribution in [3.8, 4) is 0 Å². The summed E-state index contributed by atoms with van der Waals surface area (Å²) in [6.07, 6.45) is 1.25. The van der Waals surface area contributed by atoms with Gasteiger partial charge in [-0.25, -0.2) is 0 Å². The highest BCUT2D eigenvalue weighted by atomic mass is 35.5. The molecule has 0 aromatic rings. The Bertz CT molecular complexity index is 425. The molecule has 7 heteroatoms. The fourth-order valence-electron chi connectivity index (χ4n) is 4.06. The largest absolute Gasteiger partial charge is 0.373 e. The molecule has 25 heavy (non-hydrogen) atoms. The van der Waals surface area contributed by atoms with Crippen LogP contribution < -0.4 is 5.73 Å². The van der Waals surface area contributed by atoms with Gasteiger partial charge in [-0.1, -0.05) is 27.7 Å². The second kappa shape index (κ2) is 9.75. The first-order valence-corrected chi connectivity index (χ1v) is 9.05. The maximum atomic E-state index is 13.2. The SMILES string of the molecule is CC1CN(C(C(=O)N2CCC(N)C(C)(C)C2)C(C)C)CC(C)O1.Cl.Cl. The zero-order valence-corrected chi connectivity index (χ0v) is 18.2. The summed E-state index contributed by atoms with van der Waals surface area (Å²) in [5, 5.41) is 0. The van der Waals surface area contributed by atoms with Gasteiger partial charge >= 0.3 is 0 Å². The van der Waals surface area contributed by atoms with E-state index in [9.17, 15) is 4.79 Å². The zero-order chi connectivity index (χ0) is 17.4. The molecule has 1 amide bonds. The van der Waals surface area contributed by atoms with E-state index in [2.05, 4.69) is 46.4 Å². The Hall–Kier alpha value is -0.0700. The minimum atomic E-state index is -0.0612. The quantitative estimate of drug-likeness (QED) is 0.794. The monoisotopic (exact) mass is 397 g/mol. The van der Waals surface area contributed by atoms with Gasteiger partial charge in [0.05, 0.1) is 18.2 Å². The normalized spacial score (nSPS) is 31.0. The van der Waals surface area contributed by atoms with E-state index in [0.29, 0.717) is 5.92 Å². The van der Waals surface area contributed by atoms with Crippen molar-refractivity contribution < 1.29 is 9.53 Å². The number of ether oxygens (including phenoxy) is 1. The van der Waals surface area contributed by atoms with Crippen LogP contribution in [0.3, 0.4) is 0 Å². The third-order valence-corrected chi connectivity index (χ3v) is 5.35. The van der Waals surface area contributed by atoms with Gasteiger partial charge in [-0.05, 0) is 31.6 Å². The van der Waals surface area contributed by atoms with Gasteiger partial charge in [0.15, 0.2) is 0 Å². The minimum Gasteiger partial charge on any atom is -0.373 e. The van der Waals surface area contributed by atoms with Crippen molar-refractivity contribution in [2.45, 2.75) is 72.3 Å². The zero-order valence-electron chi connectivity index (χ0n) is 16.5. The molecule has 2 heterocycles. The number of piperidine rings is 1. The van der Waals surface area contributed by atoms with E-state index in [1.165, 1.54) is 0 Å². The van der Waals surface area contributed by atoms with Crippen LogP contribution in [0.1, 0.15) is 48.0 Å². The van der Waals surface area contributed by atoms with Crippen molar-refractivity contribution in [1.82, 2.24) is 9.80 Å². The number of halogens is 2. The van der Waals surface area contributed by atoms with Gasteiger partial charge < -0.3 is 15.4 Å². The lowest BCUT2D eigenvalue weighted by molar-refractivity contribution is -0.148. The summed E-state index contributed by atoms with van der Waals surface area (Å²) in [7, 11) is 0. The standard InChI is InChI=1S/C18H35N3O2.2ClH/c1-12(2)16(21-9-13(3)23-14(4)10-21)17(22)20-8-7-15(19)18(5,6)11-20;;/h12-16H,7-11,19H2,1-6H3;2*1H. The Morgan fingerprint density at radius 1 is 1.16 bits per heavy atom. The van der Waals surface area contributed by atoms with E-state index >= 15 is 0 Å². The number of nitrogens with zero attached hydrogens (tertiary/aromatic N) is 2. The lowest BCUT2D eigenvalue weighted by Crippen LogP contribution is -2.61. The fraction of sp³-hybridized carbons (Fsp3) is 0.944. The molecule has 0 saturated carbocycles. The van der Waals surface area contributed by atoms with Crippen LogP contribution in [0.5, 0.6) is 0 Å². The van der Waals surface area contributed by atoms with E-state index < -0.39 is 0 Å². The summed E-state index contributed by atoms with van der Waals surface area (Å²) in [4.78, 5) is 17.6. The van der Waals surface area contributed by atoms with Gasteiger partial charge in [0, 0.05) is 32.2 Å². The number of rotatable bonds is 3. The average Bonchev–Trinajstić information content (AvgIpc) is 2.40. The highest BCUT2D eigenvalue weighted by Gasteiger charge is 2.41. The molecule has 0 spiro atoms. The molecular weight excluding hydrogens is 361 g/mol. The van der Waals surface area contributed by atoms with Crippen molar-refractivity contribution in [2.75, 3.05) is 26.2 Å². The Kier molecular flexibility index (Phi) is 9.72. The van der Waals surface area contributed by atoms with Crippen molar-refractivity contribution >= 4 is 30.7 Å². The maximum Gasteiger partial charge on any atom is 0.240 e. The van der Waals surface area contributed by atoms with Crippen LogP contribution >= 0.6 is 24.8 Å². The van der Waals surface area contributed by atoms with Crippen LogP contribution in [0.15, 0.2) is 0 Å².